The molecule has 2 heterocycles. The number of hydrogen-bond acceptors (Lipinski definition) is 3. The van der Waals surface area contributed by atoms with Gasteiger partial charge in [0.2, 0.25) is 0 Å². The average Bonchev–Trinajstić information content (AvgIpc) is 2.91. The minimum absolute atomic E-state index is 0.490. The number of hydrogen-bond donors (Lipinski definition) is 1. The number of rotatable bonds is 2. The number of nitrogens with one attached hydrogen (secondary N) is 1. The van der Waals surface area contributed by atoms with Crippen molar-refractivity contribution in [2.75, 3.05) is 26.3 Å². The summed E-state index contributed by atoms with van der Waals surface area (Å²) in [7, 11) is 0. The Kier molecular flexibility index (Phi) is 2.90. The highest BCUT2D eigenvalue weighted by atomic mass is 16.5. The van der Waals surface area contributed by atoms with Gasteiger partial charge >= 0.3 is 0 Å². The molecule has 2 aliphatic carbocycles. The zero-order chi connectivity index (χ0) is 12.0. The summed E-state index contributed by atoms with van der Waals surface area (Å²) in [4.78, 5) is 2.88. The Balaban J connectivity index is 1.54. The van der Waals surface area contributed by atoms with Crippen molar-refractivity contribution in [3.05, 3.63) is 0 Å². The molecule has 0 aromatic rings. The van der Waals surface area contributed by atoms with Crippen LogP contribution in [-0.4, -0.2) is 48.8 Å². The molecule has 3 heteroatoms. The molecular weight excluding hydrogens is 224 g/mol. The molecule has 1 N–H and O–H groups in total. The average molecular weight is 250 g/mol. The van der Waals surface area contributed by atoms with E-state index in [0.717, 1.165) is 25.2 Å². The van der Waals surface area contributed by atoms with Crippen molar-refractivity contribution in [3.63, 3.8) is 0 Å². The summed E-state index contributed by atoms with van der Waals surface area (Å²) in [5.74, 6) is 0.980. The van der Waals surface area contributed by atoms with Crippen molar-refractivity contribution in [2.24, 2.45) is 5.92 Å². The Hall–Kier alpha value is -0.120. The second-order valence-electron chi connectivity index (χ2n) is 6.93. The van der Waals surface area contributed by atoms with Crippen LogP contribution in [0.1, 0.15) is 44.9 Å². The van der Waals surface area contributed by atoms with Crippen molar-refractivity contribution >= 4 is 0 Å². The van der Waals surface area contributed by atoms with Gasteiger partial charge in [-0.3, -0.25) is 4.90 Å². The van der Waals surface area contributed by atoms with Gasteiger partial charge < -0.3 is 10.1 Å². The molecule has 3 nitrogen and oxygen atoms in total. The largest absolute Gasteiger partial charge is 0.380 e. The lowest BCUT2D eigenvalue weighted by Gasteiger charge is -2.51. The van der Waals surface area contributed by atoms with E-state index in [1.165, 1.54) is 58.0 Å². The van der Waals surface area contributed by atoms with Crippen LogP contribution in [-0.2, 0) is 4.74 Å². The maximum Gasteiger partial charge on any atom is 0.0622 e. The molecular formula is C15H26N2O. The third-order valence-electron chi connectivity index (χ3n) is 5.77. The Bertz CT molecular complexity index is 304. The fraction of sp³-hybridized carbons (Fsp3) is 1.00. The summed E-state index contributed by atoms with van der Waals surface area (Å²) >= 11 is 0. The Morgan fingerprint density at radius 2 is 1.94 bits per heavy atom. The van der Waals surface area contributed by atoms with Crippen LogP contribution in [0.4, 0.5) is 0 Å². The topological polar surface area (TPSA) is 24.5 Å². The first-order valence-corrected chi connectivity index (χ1v) is 7.95. The summed E-state index contributed by atoms with van der Waals surface area (Å²) in [5.41, 5.74) is 0.490. The van der Waals surface area contributed by atoms with Gasteiger partial charge in [-0.15, -0.1) is 0 Å². The van der Waals surface area contributed by atoms with E-state index in [0.29, 0.717) is 11.6 Å². The third kappa shape index (κ3) is 1.91. The smallest absolute Gasteiger partial charge is 0.0622 e. The second-order valence-corrected chi connectivity index (χ2v) is 6.93. The van der Waals surface area contributed by atoms with E-state index in [1.807, 2.05) is 0 Å². The van der Waals surface area contributed by atoms with Gasteiger partial charge in [0.1, 0.15) is 0 Å². The third-order valence-corrected chi connectivity index (χ3v) is 5.77. The molecule has 2 unspecified atom stereocenters. The van der Waals surface area contributed by atoms with Gasteiger partial charge in [-0.05, 0) is 38.0 Å². The molecule has 4 rings (SSSR count). The lowest BCUT2D eigenvalue weighted by Crippen LogP contribution is -2.66. The molecule has 0 amide bonds. The standard InChI is InChI=1S/C15H26N2O/c1-2-7-15(6-1)11-16-14(12-3-4-12)9-17(15)13-5-8-18-10-13/h12-14,16H,1-11H2. The first-order valence-electron chi connectivity index (χ1n) is 7.95. The number of ether oxygens (including phenoxy) is 1. The van der Waals surface area contributed by atoms with Crippen LogP contribution < -0.4 is 5.32 Å². The van der Waals surface area contributed by atoms with Crippen LogP contribution >= 0.6 is 0 Å². The zero-order valence-corrected chi connectivity index (χ0v) is 11.4. The minimum atomic E-state index is 0.490. The number of nitrogens with zero attached hydrogens (tertiary/aromatic N) is 1. The molecule has 4 fully saturated rings. The summed E-state index contributed by atoms with van der Waals surface area (Å²) in [6.07, 6.45) is 9.86. The van der Waals surface area contributed by atoms with Crippen molar-refractivity contribution in [1.82, 2.24) is 10.2 Å². The molecule has 102 valence electrons. The van der Waals surface area contributed by atoms with Crippen LogP contribution in [0.5, 0.6) is 0 Å². The predicted octanol–water partition coefficient (Wildman–Crippen LogP) is 1.77. The van der Waals surface area contributed by atoms with Crippen LogP contribution in [0.25, 0.3) is 0 Å². The summed E-state index contributed by atoms with van der Waals surface area (Å²) in [5, 5.41) is 3.88. The van der Waals surface area contributed by atoms with Crippen molar-refractivity contribution in [3.8, 4) is 0 Å². The minimum Gasteiger partial charge on any atom is -0.380 e. The second kappa shape index (κ2) is 4.46. The van der Waals surface area contributed by atoms with E-state index in [9.17, 15) is 0 Å². The van der Waals surface area contributed by atoms with Crippen LogP contribution in [0.3, 0.4) is 0 Å². The monoisotopic (exact) mass is 250 g/mol. The molecule has 2 atom stereocenters. The Morgan fingerprint density at radius 1 is 1.11 bits per heavy atom. The van der Waals surface area contributed by atoms with E-state index >= 15 is 0 Å². The van der Waals surface area contributed by atoms with E-state index < -0.39 is 0 Å². The normalized spacial score (nSPS) is 40.7. The van der Waals surface area contributed by atoms with Gasteiger partial charge in [0.15, 0.2) is 0 Å². The predicted molar refractivity (Wildman–Crippen MR) is 71.6 cm³/mol. The number of piperazine rings is 1. The van der Waals surface area contributed by atoms with Crippen molar-refractivity contribution < 1.29 is 4.74 Å². The zero-order valence-electron chi connectivity index (χ0n) is 11.4. The highest BCUT2D eigenvalue weighted by Gasteiger charge is 2.49. The molecule has 18 heavy (non-hydrogen) atoms. The Morgan fingerprint density at radius 3 is 2.61 bits per heavy atom. The summed E-state index contributed by atoms with van der Waals surface area (Å²) in [6.45, 7) is 4.50. The van der Waals surface area contributed by atoms with Gasteiger partial charge in [0.25, 0.3) is 0 Å². The molecule has 0 bridgehead atoms. The highest BCUT2D eigenvalue weighted by molar-refractivity contribution is 5.06. The van der Waals surface area contributed by atoms with E-state index in [-0.39, 0.29) is 0 Å². The molecule has 0 aromatic heterocycles. The molecule has 2 saturated heterocycles. The SMILES string of the molecule is C1CCC2(C1)CNC(C1CC1)CN2C1CCOC1. The maximum atomic E-state index is 5.66. The lowest BCUT2D eigenvalue weighted by atomic mass is 9.88. The fourth-order valence-electron chi connectivity index (χ4n) is 4.51. The highest BCUT2D eigenvalue weighted by Crippen LogP contribution is 2.42. The van der Waals surface area contributed by atoms with Gasteiger partial charge in [-0.2, -0.15) is 0 Å². The quantitative estimate of drug-likeness (QED) is 0.808. The van der Waals surface area contributed by atoms with Crippen molar-refractivity contribution in [1.29, 1.82) is 0 Å². The molecule has 2 aliphatic heterocycles. The first kappa shape index (κ1) is 11.7. The first-order chi connectivity index (χ1) is 8.87. The fourth-order valence-corrected chi connectivity index (χ4v) is 4.51. The van der Waals surface area contributed by atoms with Gasteiger partial charge in [-0.25, -0.2) is 0 Å². The van der Waals surface area contributed by atoms with E-state index in [1.54, 1.807) is 0 Å². The summed E-state index contributed by atoms with van der Waals surface area (Å²) in [6, 6.07) is 1.49. The molecule has 4 aliphatic rings. The van der Waals surface area contributed by atoms with E-state index in [4.69, 9.17) is 4.74 Å². The van der Waals surface area contributed by atoms with Crippen LogP contribution in [0.15, 0.2) is 0 Å². The molecule has 1 spiro atoms. The maximum absolute atomic E-state index is 5.66. The molecule has 0 radical (unpaired) electrons. The van der Waals surface area contributed by atoms with Crippen LogP contribution in [0.2, 0.25) is 0 Å². The van der Waals surface area contributed by atoms with Crippen molar-refractivity contribution in [2.45, 2.75) is 62.6 Å². The lowest BCUT2D eigenvalue weighted by molar-refractivity contribution is -0.00224. The van der Waals surface area contributed by atoms with Crippen LogP contribution in [0, 0.1) is 5.92 Å². The Labute approximate surface area is 110 Å². The van der Waals surface area contributed by atoms with E-state index in [2.05, 4.69) is 10.2 Å². The molecule has 2 saturated carbocycles. The van der Waals surface area contributed by atoms with Gasteiger partial charge in [0, 0.05) is 37.3 Å². The van der Waals surface area contributed by atoms with Gasteiger partial charge in [-0.1, -0.05) is 12.8 Å². The molecule has 0 aromatic carbocycles. The summed E-state index contributed by atoms with van der Waals surface area (Å²) < 4.78 is 5.66. The van der Waals surface area contributed by atoms with Gasteiger partial charge in [0.05, 0.1) is 6.61 Å².